The third kappa shape index (κ3) is 2.37. The summed E-state index contributed by atoms with van der Waals surface area (Å²) < 4.78 is 0. The van der Waals surface area contributed by atoms with E-state index < -0.39 is 0 Å². The van der Waals surface area contributed by atoms with E-state index >= 15 is 0 Å². The molecule has 1 N–H and O–H groups in total. The topological polar surface area (TPSA) is 33.2 Å². The van der Waals surface area contributed by atoms with Gasteiger partial charge in [0, 0.05) is 32.4 Å². The minimum atomic E-state index is -0.352. The van der Waals surface area contributed by atoms with Crippen molar-refractivity contribution in [1.82, 2.24) is 14.7 Å². The zero-order valence-corrected chi connectivity index (χ0v) is 13.6. The summed E-state index contributed by atoms with van der Waals surface area (Å²) in [6, 6.07) is 8.38. The molecule has 4 saturated heterocycles. The van der Waals surface area contributed by atoms with Gasteiger partial charge in [0.2, 0.25) is 0 Å². The van der Waals surface area contributed by atoms with Gasteiger partial charge < -0.3 is 10.0 Å². The molecule has 21 heavy (non-hydrogen) atoms. The van der Waals surface area contributed by atoms with Gasteiger partial charge in [-0.1, -0.05) is 20.1 Å². The molecule has 0 spiro atoms. The van der Waals surface area contributed by atoms with E-state index in [4.69, 9.17) is 0 Å². The molecule has 6 heteroatoms. The zero-order valence-electron chi connectivity index (χ0n) is 12.7. The Bertz CT molecular complexity index is 493. The molecule has 114 valence electrons. The molecule has 4 unspecified atom stereocenters. The maximum absolute atomic E-state index is 10.9. The highest BCUT2D eigenvalue weighted by molar-refractivity contribution is 7.58. The first-order valence-corrected chi connectivity index (χ1v) is 9.28. The Morgan fingerprint density at radius 2 is 1.71 bits per heavy atom. The lowest BCUT2D eigenvalue weighted by atomic mass is 10.1. The summed E-state index contributed by atoms with van der Waals surface area (Å²) in [7, 11) is 3.94. The molecule has 4 bridgehead atoms. The number of benzene rings is 1. The van der Waals surface area contributed by atoms with E-state index in [1.54, 1.807) is 0 Å². The number of hydrogen-bond acceptors (Lipinski definition) is 5. The van der Waals surface area contributed by atoms with E-state index in [0.717, 1.165) is 25.6 Å². The lowest BCUT2D eigenvalue weighted by Gasteiger charge is -2.60. The van der Waals surface area contributed by atoms with Gasteiger partial charge >= 0.3 is 0 Å². The lowest BCUT2D eigenvalue weighted by Crippen LogP contribution is -2.66. The van der Waals surface area contributed by atoms with Gasteiger partial charge in [0.15, 0.2) is 0 Å². The summed E-state index contributed by atoms with van der Waals surface area (Å²) in [6.45, 7) is 3.16. The summed E-state index contributed by atoms with van der Waals surface area (Å²) >= 11 is 0. The molecule has 0 amide bonds. The number of aliphatic hydroxyl groups excluding tert-OH is 1. The third-order valence-electron chi connectivity index (χ3n) is 4.71. The van der Waals surface area contributed by atoms with E-state index in [0.29, 0.717) is 5.78 Å². The van der Waals surface area contributed by atoms with Crippen molar-refractivity contribution in [2.75, 3.05) is 51.6 Å². The molecular weight excluding hydrogens is 283 g/mol. The van der Waals surface area contributed by atoms with Crippen LogP contribution in [0.4, 0.5) is 5.69 Å². The first kappa shape index (κ1) is 13.9. The van der Waals surface area contributed by atoms with Crippen molar-refractivity contribution >= 4 is 13.6 Å². The molecule has 1 aromatic carbocycles. The Hall–Kier alpha value is -0.710. The van der Waals surface area contributed by atoms with E-state index in [-0.39, 0.29) is 14.0 Å². The molecule has 0 saturated carbocycles. The predicted molar refractivity (Wildman–Crippen MR) is 86.3 cm³/mol. The first-order valence-electron chi connectivity index (χ1n) is 7.50. The number of rotatable bonds is 3. The van der Waals surface area contributed by atoms with Crippen molar-refractivity contribution in [1.29, 1.82) is 0 Å². The molecule has 4 aliphatic heterocycles. The molecule has 0 aliphatic carbocycles. The molecule has 4 fully saturated rings. The smallest absolute Gasteiger partial charge is 0.0986 e. The standard InChI is InChI=1S/C15H23N4OP/c1-16(2)13-5-3-12(4-6-13)14(20)15-19-8-17-7-18(9-19)11-21(15)10-17/h3-6,14-15,20H,7-11H2,1-2H3. The van der Waals surface area contributed by atoms with E-state index in [1.807, 2.05) is 14.1 Å². The minimum Gasteiger partial charge on any atom is -0.386 e. The summed E-state index contributed by atoms with van der Waals surface area (Å²) in [5.74, 6) is 0.331. The van der Waals surface area contributed by atoms with E-state index in [2.05, 4.69) is 43.9 Å². The van der Waals surface area contributed by atoms with Gasteiger partial charge in [0.1, 0.15) is 0 Å². The molecular formula is C15H23N4OP. The van der Waals surface area contributed by atoms with Crippen LogP contribution in [0.5, 0.6) is 0 Å². The van der Waals surface area contributed by atoms with Crippen molar-refractivity contribution in [2.45, 2.75) is 11.9 Å². The Labute approximate surface area is 127 Å². The Morgan fingerprint density at radius 3 is 2.24 bits per heavy atom. The molecule has 0 radical (unpaired) electrons. The van der Waals surface area contributed by atoms with Gasteiger partial charge in [0.25, 0.3) is 0 Å². The summed E-state index contributed by atoms with van der Waals surface area (Å²) in [5.41, 5.74) is 2.24. The number of hydrogen-bond donors (Lipinski definition) is 1. The molecule has 4 aliphatic rings. The molecule has 0 aromatic heterocycles. The van der Waals surface area contributed by atoms with Crippen molar-refractivity contribution in [3.63, 3.8) is 0 Å². The second kappa shape index (κ2) is 5.18. The number of nitrogens with zero attached hydrogens (tertiary/aromatic N) is 4. The average molecular weight is 306 g/mol. The van der Waals surface area contributed by atoms with Gasteiger partial charge in [0.05, 0.1) is 31.9 Å². The Morgan fingerprint density at radius 1 is 1.10 bits per heavy atom. The second-order valence-corrected chi connectivity index (χ2v) is 8.84. The van der Waals surface area contributed by atoms with Gasteiger partial charge in [-0.3, -0.25) is 14.7 Å². The first-order chi connectivity index (χ1) is 10.1. The molecule has 4 atom stereocenters. The fraction of sp³-hybridized carbons (Fsp3) is 0.600. The fourth-order valence-electron chi connectivity index (χ4n) is 3.77. The van der Waals surface area contributed by atoms with Crippen molar-refractivity contribution in [2.24, 2.45) is 0 Å². The fourth-order valence-corrected chi connectivity index (χ4v) is 6.76. The summed E-state index contributed by atoms with van der Waals surface area (Å²) in [5, 5.41) is 10.9. The van der Waals surface area contributed by atoms with Crippen LogP contribution in [0.1, 0.15) is 11.7 Å². The lowest BCUT2D eigenvalue weighted by molar-refractivity contribution is -0.0708. The van der Waals surface area contributed by atoms with Crippen LogP contribution in [0.3, 0.4) is 0 Å². The Kier molecular flexibility index (Phi) is 3.43. The molecule has 5 nitrogen and oxygen atoms in total. The Balaban J connectivity index is 1.55. The van der Waals surface area contributed by atoms with Crippen molar-refractivity contribution in [3.05, 3.63) is 29.8 Å². The molecule has 5 rings (SSSR count). The monoisotopic (exact) mass is 306 g/mol. The van der Waals surface area contributed by atoms with Gasteiger partial charge in [-0.05, 0) is 17.7 Å². The summed E-state index contributed by atoms with van der Waals surface area (Å²) in [6.07, 6.45) is 2.04. The molecule has 1 aromatic rings. The van der Waals surface area contributed by atoms with Gasteiger partial charge in [-0.15, -0.1) is 0 Å². The van der Waals surface area contributed by atoms with E-state index in [9.17, 15) is 5.11 Å². The maximum atomic E-state index is 10.9. The predicted octanol–water partition coefficient (Wildman–Crippen LogP) is 1.33. The van der Waals surface area contributed by atoms with Crippen LogP contribution in [0, 0.1) is 0 Å². The van der Waals surface area contributed by atoms with Crippen LogP contribution in [-0.2, 0) is 0 Å². The highest BCUT2D eigenvalue weighted by atomic mass is 31.1. The number of anilines is 1. The van der Waals surface area contributed by atoms with Crippen molar-refractivity contribution in [3.8, 4) is 0 Å². The quantitative estimate of drug-likeness (QED) is 0.852. The molecule has 4 heterocycles. The number of aliphatic hydroxyl groups is 1. The summed E-state index contributed by atoms with van der Waals surface area (Å²) in [4.78, 5) is 9.58. The SMILES string of the molecule is CN(C)c1ccc(C(O)C2N3CN4CN(C3)CP2C4)cc1. The largest absolute Gasteiger partial charge is 0.386 e. The van der Waals surface area contributed by atoms with Crippen LogP contribution in [-0.4, -0.2) is 72.3 Å². The van der Waals surface area contributed by atoms with Crippen LogP contribution < -0.4 is 4.90 Å². The zero-order chi connectivity index (χ0) is 14.6. The van der Waals surface area contributed by atoms with Crippen LogP contribution in [0.25, 0.3) is 0 Å². The van der Waals surface area contributed by atoms with Crippen LogP contribution in [0.15, 0.2) is 24.3 Å². The van der Waals surface area contributed by atoms with E-state index in [1.165, 1.54) is 18.3 Å². The maximum Gasteiger partial charge on any atom is 0.0986 e. The normalized spacial score (nSPS) is 38.5. The minimum absolute atomic E-state index is 0.141. The van der Waals surface area contributed by atoms with Gasteiger partial charge in [-0.2, -0.15) is 0 Å². The van der Waals surface area contributed by atoms with Crippen molar-refractivity contribution < 1.29 is 5.11 Å². The highest BCUT2D eigenvalue weighted by Gasteiger charge is 2.47. The van der Waals surface area contributed by atoms with Gasteiger partial charge in [-0.25, -0.2) is 0 Å². The second-order valence-electron chi connectivity index (χ2n) is 6.57. The van der Waals surface area contributed by atoms with Crippen LogP contribution >= 0.6 is 7.92 Å². The highest BCUT2D eigenvalue weighted by Crippen LogP contribution is 2.56. The van der Waals surface area contributed by atoms with Crippen LogP contribution in [0.2, 0.25) is 0 Å². The third-order valence-corrected chi connectivity index (χ3v) is 7.59. The average Bonchev–Trinajstić information content (AvgIpc) is 2.46.